The molecule has 1 atom stereocenters. The first-order valence-corrected chi connectivity index (χ1v) is 9.83. The molecular weight excluding hydrogens is 364 g/mol. The molecule has 3 heterocycles. The van der Waals surface area contributed by atoms with Gasteiger partial charge in [-0.25, -0.2) is 4.79 Å². The average molecular weight is 386 g/mol. The minimum atomic E-state index is -0.0438. The molecule has 2 aromatic carbocycles. The summed E-state index contributed by atoms with van der Waals surface area (Å²) >= 11 is 0. The highest BCUT2D eigenvalue weighted by molar-refractivity contribution is 5.99. The van der Waals surface area contributed by atoms with Gasteiger partial charge in [0.1, 0.15) is 0 Å². The molecule has 0 spiro atoms. The third-order valence-corrected chi connectivity index (χ3v) is 6.00. The second-order valence-electron chi connectivity index (χ2n) is 7.80. The molecule has 0 aliphatic carbocycles. The van der Waals surface area contributed by atoms with Crippen LogP contribution in [-0.4, -0.2) is 42.0 Å². The lowest BCUT2D eigenvalue weighted by Crippen LogP contribution is -2.30. The number of hydrogen-bond acceptors (Lipinski definition) is 3. The predicted molar refractivity (Wildman–Crippen MR) is 113 cm³/mol. The van der Waals surface area contributed by atoms with Gasteiger partial charge in [-0.15, -0.1) is 0 Å². The van der Waals surface area contributed by atoms with Crippen LogP contribution in [0.3, 0.4) is 0 Å². The van der Waals surface area contributed by atoms with Crippen molar-refractivity contribution in [2.45, 2.75) is 19.3 Å². The van der Waals surface area contributed by atoms with Crippen molar-refractivity contribution in [1.82, 2.24) is 9.88 Å². The molecule has 1 unspecified atom stereocenters. The van der Waals surface area contributed by atoms with E-state index < -0.39 is 0 Å². The molecule has 0 bridgehead atoms. The highest BCUT2D eigenvalue weighted by Gasteiger charge is 2.31. The van der Waals surface area contributed by atoms with E-state index in [-0.39, 0.29) is 17.9 Å². The van der Waals surface area contributed by atoms with Crippen molar-refractivity contribution in [1.29, 1.82) is 0 Å². The Morgan fingerprint density at radius 1 is 1.10 bits per heavy atom. The lowest BCUT2D eigenvalue weighted by atomic mass is 9.81. The number of urea groups is 1. The summed E-state index contributed by atoms with van der Waals surface area (Å²) in [4.78, 5) is 32.9. The van der Waals surface area contributed by atoms with Crippen molar-refractivity contribution in [2.24, 2.45) is 0 Å². The molecule has 1 N–H and O–H groups in total. The molecule has 0 saturated carbocycles. The fourth-order valence-electron chi connectivity index (χ4n) is 4.51. The van der Waals surface area contributed by atoms with E-state index in [1.54, 1.807) is 23.0 Å². The number of aryl methyl sites for hydroxylation is 1. The second-order valence-corrected chi connectivity index (χ2v) is 7.80. The summed E-state index contributed by atoms with van der Waals surface area (Å²) in [5.74, 6) is -0.0533. The maximum Gasteiger partial charge on any atom is 0.324 e. The second kappa shape index (κ2) is 6.58. The Morgan fingerprint density at radius 2 is 1.97 bits per heavy atom. The third-order valence-electron chi connectivity index (χ3n) is 6.00. The van der Waals surface area contributed by atoms with Gasteiger partial charge in [-0.2, -0.15) is 0 Å². The van der Waals surface area contributed by atoms with E-state index in [0.29, 0.717) is 19.5 Å². The number of aromatic nitrogens is 1. The van der Waals surface area contributed by atoms with Gasteiger partial charge in [0.25, 0.3) is 0 Å². The Labute approximate surface area is 169 Å². The number of rotatable bonds is 2. The number of benzene rings is 2. The molecule has 2 aliphatic rings. The number of hydrogen-bond donors (Lipinski definition) is 1. The molecule has 146 valence electrons. The maximum atomic E-state index is 12.6. The quantitative estimate of drug-likeness (QED) is 0.727. The summed E-state index contributed by atoms with van der Waals surface area (Å²) in [6.45, 7) is 3.44. The minimum absolute atomic E-state index is 0.00944. The highest BCUT2D eigenvalue weighted by Crippen LogP contribution is 2.42. The van der Waals surface area contributed by atoms with Gasteiger partial charge in [-0.3, -0.25) is 14.7 Å². The van der Waals surface area contributed by atoms with Crippen LogP contribution < -0.4 is 10.2 Å². The normalized spacial score (nSPS) is 18.9. The van der Waals surface area contributed by atoms with Crippen LogP contribution in [0.15, 0.2) is 48.7 Å². The van der Waals surface area contributed by atoms with Crippen LogP contribution in [-0.2, 0) is 4.79 Å². The van der Waals surface area contributed by atoms with Crippen LogP contribution >= 0.6 is 0 Å². The van der Waals surface area contributed by atoms with Gasteiger partial charge in [0, 0.05) is 55.4 Å². The summed E-state index contributed by atoms with van der Waals surface area (Å²) in [5, 5.41) is 4.09. The van der Waals surface area contributed by atoms with E-state index in [1.165, 1.54) is 0 Å². The molecule has 1 fully saturated rings. The summed E-state index contributed by atoms with van der Waals surface area (Å²) < 4.78 is 0. The van der Waals surface area contributed by atoms with Crippen molar-refractivity contribution in [3.8, 4) is 0 Å². The first-order chi connectivity index (χ1) is 14.0. The summed E-state index contributed by atoms with van der Waals surface area (Å²) in [6, 6.07) is 14.1. The lowest BCUT2D eigenvalue weighted by Gasteiger charge is -2.29. The van der Waals surface area contributed by atoms with Gasteiger partial charge in [0.2, 0.25) is 5.91 Å². The Bertz CT molecular complexity index is 1160. The van der Waals surface area contributed by atoms with Gasteiger partial charge in [0.15, 0.2) is 0 Å². The zero-order chi connectivity index (χ0) is 20.1. The fraction of sp³-hybridized carbons (Fsp3) is 0.261. The number of amides is 3. The van der Waals surface area contributed by atoms with E-state index in [2.05, 4.69) is 35.4 Å². The highest BCUT2D eigenvalue weighted by atomic mass is 16.2. The van der Waals surface area contributed by atoms with Crippen molar-refractivity contribution >= 4 is 34.2 Å². The Balaban J connectivity index is 1.63. The number of nitrogens with zero attached hydrogens (tertiary/aromatic N) is 3. The minimum Gasteiger partial charge on any atom is -0.326 e. The molecule has 0 radical (unpaired) electrons. The maximum absolute atomic E-state index is 12.6. The van der Waals surface area contributed by atoms with Crippen LogP contribution in [0.4, 0.5) is 16.2 Å². The standard InChI is InChI=1S/C23H22N4O2/c1-14-5-8-19-17(4-3-9-24-19)22(14)18-13-21(28)25-20-12-15(6-7-16(18)20)27-11-10-26(2)23(27)29/h3-9,12,18H,10-11,13H2,1-2H3,(H,25,28). The Morgan fingerprint density at radius 3 is 2.76 bits per heavy atom. The van der Waals surface area contributed by atoms with Crippen LogP contribution in [0, 0.1) is 6.92 Å². The number of carbonyl (C=O) groups excluding carboxylic acids is 2. The number of likely N-dealkylation sites (N-methyl/N-ethyl adjacent to an activating group) is 1. The van der Waals surface area contributed by atoms with Crippen molar-refractivity contribution in [3.63, 3.8) is 0 Å². The number of anilines is 2. The first-order valence-electron chi connectivity index (χ1n) is 9.83. The largest absolute Gasteiger partial charge is 0.326 e. The molecule has 2 aliphatic heterocycles. The summed E-state index contributed by atoms with van der Waals surface area (Å²) in [5.41, 5.74) is 5.91. The number of pyridine rings is 1. The van der Waals surface area contributed by atoms with E-state index in [4.69, 9.17) is 0 Å². The molecule has 5 rings (SSSR count). The van der Waals surface area contributed by atoms with Gasteiger partial charge in [-0.05, 0) is 47.9 Å². The SMILES string of the molecule is Cc1ccc2ncccc2c1C1CC(=O)Nc2cc(N3CCN(C)C3=O)ccc21. The smallest absolute Gasteiger partial charge is 0.324 e. The first kappa shape index (κ1) is 17.7. The van der Waals surface area contributed by atoms with E-state index in [0.717, 1.165) is 39.0 Å². The molecular formula is C23H22N4O2. The number of fused-ring (bicyclic) bond motifs is 2. The Kier molecular flexibility index (Phi) is 4.01. The van der Waals surface area contributed by atoms with Crippen LogP contribution in [0.1, 0.15) is 29.0 Å². The van der Waals surface area contributed by atoms with Crippen molar-refractivity contribution in [3.05, 3.63) is 65.4 Å². The van der Waals surface area contributed by atoms with Gasteiger partial charge < -0.3 is 10.2 Å². The van der Waals surface area contributed by atoms with E-state index >= 15 is 0 Å². The molecule has 6 nitrogen and oxygen atoms in total. The van der Waals surface area contributed by atoms with Crippen LogP contribution in [0.25, 0.3) is 10.9 Å². The fourth-order valence-corrected chi connectivity index (χ4v) is 4.51. The zero-order valence-electron chi connectivity index (χ0n) is 16.5. The lowest BCUT2D eigenvalue weighted by molar-refractivity contribution is -0.116. The van der Waals surface area contributed by atoms with Crippen molar-refractivity contribution in [2.75, 3.05) is 30.4 Å². The van der Waals surface area contributed by atoms with Crippen molar-refractivity contribution < 1.29 is 9.59 Å². The average Bonchev–Trinajstić information content (AvgIpc) is 3.05. The van der Waals surface area contributed by atoms with Gasteiger partial charge in [0.05, 0.1) is 5.52 Å². The molecule has 1 aromatic heterocycles. The number of nitrogens with one attached hydrogen (secondary N) is 1. The molecule has 1 saturated heterocycles. The Hall–Kier alpha value is -3.41. The van der Waals surface area contributed by atoms with Gasteiger partial charge >= 0.3 is 6.03 Å². The third kappa shape index (κ3) is 2.83. The summed E-state index contributed by atoms with van der Waals surface area (Å²) in [6.07, 6.45) is 2.19. The molecule has 6 heteroatoms. The monoisotopic (exact) mass is 386 g/mol. The summed E-state index contributed by atoms with van der Waals surface area (Å²) in [7, 11) is 1.80. The van der Waals surface area contributed by atoms with E-state index in [1.807, 2.05) is 24.3 Å². The molecule has 29 heavy (non-hydrogen) atoms. The molecule has 3 aromatic rings. The van der Waals surface area contributed by atoms with Crippen LogP contribution in [0.2, 0.25) is 0 Å². The van der Waals surface area contributed by atoms with Crippen LogP contribution in [0.5, 0.6) is 0 Å². The topological polar surface area (TPSA) is 65.5 Å². The molecule has 3 amide bonds. The van der Waals surface area contributed by atoms with E-state index in [9.17, 15) is 9.59 Å². The number of carbonyl (C=O) groups is 2. The predicted octanol–water partition coefficient (Wildman–Crippen LogP) is 3.89. The van der Waals surface area contributed by atoms with Gasteiger partial charge in [-0.1, -0.05) is 18.2 Å². The zero-order valence-corrected chi connectivity index (χ0v) is 16.5.